The second-order valence-corrected chi connectivity index (χ2v) is 4.53. The molecule has 0 radical (unpaired) electrons. The molecule has 1 fully saturated rings. The maximum Gasteiger partial charge on any atom is 0.255 e. The number of anilines is 1. The van der Waals surface area contributed by atoms with Crippen LogP contribution in [0.5, 0.6) is 0 Å². The monoisotopic (exact) mass is 233 g/mol. The molecule has 1 aliphatic carbocycles. The maximum absolute atomic E-state index is 12.1. The summed E-state index contributed by atoms with van der Waals surface area (Å²) in [5.41, 5.74) is 0.627. The molecule has 1 aliphatic rings. The quantitative estimate of drug-likeness (QED) is 0.818. The standard InChI is InChI=1S/C13H19N3O/c1-3-14-12-11(5-4-8-15-12)13(17)16-9(2)10-6-7-10/h4-5,8-10H,3,6-7H2,1-2H3,(H,14,15)(H,16,17). The smallest absolute Gasteiger partial charge is 0.255 e. The fourth-order valence-corrected chi connectivity index (χ4v) is 1.90. The molecule has 1 unspecified atom stereocenters. The molecular weight excluding hydrogens is 214 g/mol. The van der Waals surface area contributed by atoms with Crippen molar-refractivity contribution in [2.24, 2.45) is 5.92 Å². The van der Waals surface area contributed by atoms with Crippen molar-refractivity contribution in [1.82, 2.24) is 10.3 Å². The number of pyridine rings is 1. The minimum atomic E-state index is -0.0338. The van der Waals surface area contributed by atoms with Gasteiger partial charge in [-0.1, -0.05) is 0 Å². The lowest BCUT2D eigenvalue weighted by Gasteiger charge is -2.14. The van der Waals surface area contributed by atoms with Crippen LogP contribution in [0.15, 0.2) is 18.3 Å². The van der Waals surface area contributed by atoms with E-state index >= 15 is 0 Å². The third-order valence-corrected chi connectivity index (χ3v) is 3.08. The first-order chi connectivity index (χ1) is 8.22. The summed E-state index contributed by atoms with van der Waals surface area (Å²) in [5, 5.41) is 6.14. The first-order valence-corrected chi connectivity index (χ1v) is 6.22. The number of carbonyl (C=O) groups is 1. The van der Waals surface area contributed by atoms with E-state index in [1.165, 1.54) is 12.8 Å². The molecule has 2 rings (SSSR count). The Hall–Kier alpha value is -1.58. The lowest BCUT2D eigenvalue weighted by atomic mass is 10.2. The Balaban J connectivity index is 2.06. The van der Waals surface area contributed by atoms with Gasteiger partial charge in [-0.05, 0) is 44.7 Å². The highest BCUT2D eigenvalue weighted by molar-refractivity contribution is 5.98. The first kappa shape index (κ1) is 11.9. The Morgan fingerprint density at radius 3 is 3.00 bits per heavy atom. The van der Waals surface area contributed by atoms with Gasteiger partial charge in [0.05, 0.1) is 5.56 Å². The van der Waals surface area contributed by atoms with Crippen LogP contribution in [-0.2, 0) is 0 Å². The average Bonchev–Trinajstić information content (AvgIpc) is 3.13. The van der Waals surface area contributed by atoms with E-state index in [0.717, 1.165) is 6.54 Å². The molecule has 17 heavy (non-hydrogen) atoms. The number of amides is 1. The van der Waals surface area contributed by atoms with Crippen molar-refractivity contribution in [3.8, 4) is 0 Å². The molecule has 0 aliphatic heterocycles. The van der Waals surface area contributed by atoms with Crippen molar-refractivity contribution in [3.05, 3.63) is 23.9 Å². The van der Waals surface area contributed by atoms with Gasteiger partial charge in [0.1, 0.15) is 5.82 Å². The Labute approximate surface area is 102 Å². The van der Waals surface area contributed by atoms with Crippen LogP contribution < -0.4 is 10.6 Å². The Bertz CT molecular complexity index is 401. The van der Waals surface area contributed by atoms with Crippen LogP contribution in [0, 0.1) is 5.92 Å². The zero-order valence-electron chi connectivity index (χ0n) is 10.4. The molecule has 1 atom stereocenters. The average molecular weight is 233 g/mol. The Kier molecular flexibility index (Phi) is 3.61. The Morgan fingerprint density at radius 2 is 2.35 bits per heavy atom. The minimum Gasteiger partial charge on any atom is -0.370 e. The predicted molar refractivity (Wildman–Crippen MR) is 68.1 cm³/mol. The summed E-state index contributed by atoms with van der Waals surface area (Å²) in [6.45, 7) is 4.82. The van der Waals surface area contributed by atoms with E-state index in [0.29, 0.717) is 17.3 Å². The number of hydrogen-bond donors (Lipinski definition) is 2. The van der Waals surface area contributed by atoms with Crippen LogP contribution in [0.4, 0.5) is 5.82 Å². The van der Waals surface area contributed by atoms with Crippen LogP contribution in [0.25, 0.3) is 0 Å². The number of hydrogen-bond acceptors (Lipinski definition) is 3. The SMILES string of the molecule is CCNc1ncccc1C(=O)NC(C)C1CC1. The van der Waals surface area contributed by atoms with Gasteiger partial charge >= 0.3 is 0 Å². The number of nitrogens with zero attached hydrogens (tertiary/aromatic N) is 1. The lowest BCUT2D eigenvalue weighted by molar-refractivity contribution is 0.0936. The van der Waals surface area contributed by atoms with Gasteiger partial charge in [0.15, 0.2) is 0 Å². The normalized spacial score (nSPS) is 16.4. The molecule has 1 amide bonds. The van der Waals surface area contributed by atoms with Gasteiger partial charge in [-0.3, -0.25) is 4.79 Å². The third-order valence-electron chi connectivity index (χ3n) is 3.08. The molecule has 0 spiro atoms. The summed E-state index contributed by atoms with van der Waals surface area (Å²) >= 11 is 0. The zero-order chi connectivity index (χ0) is 12.3. The number of aromatic nitrogens is 1. The van der Waals surface area contributed by atoms with E-state index in [2.05, 4.69) is 22.5 Å². The largest absolute Gasteiger partial charge is 0.370 e. The summed E-state index contributed by atoms with van der Waals surface area (Å²) in [6, 6.07) is 3.86. The molecule has 0 bridgehead atoms. The van der Waals surface area contributed by atoms with Gasteiger partial charge in [-0.25, -0.2) is 4.98 Å². The highest BCUT2D eigenvalue weighted by Gasteiger charge is 2.29. The molecule has 2 N–H and O–H groups in total. The molecule has 1 saturated carbocycles. The summed E-state index contributed by atoms with van der Waals surface area (Å²) in [4.78, 5) is 16.3. The van der Waals surface area contributed by atoms with Crippen LogP contribution in [0.2, 0.25) is 0 Å². The van der Waals surface area contributed by atoms with Crippen LogP contribution in [-0.4, -0.2) is 23.5 Å². The third kappa shape index (κ3) is 2.96. The second-order valence-electron chi connectivity index (χ2n) is 4.53. The Morgan fingerprint density at radius 1 is 1.59 bits per heavy atom. The van der Waals surface area contributed by atoms with Gasteiger partial charge in [0.2, 0.25) is 0 Å². The van der Waals surface area contributed by atoms with E-state index in [9.17, 15) is 4.79 Å². The lowest BCUT2D eigenvalue weighted by Crippen LogP contribution is -2.34. The molecule has 92 valence electrons. The van der Waals surface area contributed by atoms with Crippen molar-refractivity contribution >= 4 is 11.7 Å². The maximum atomic E-state index is 12.1. The zero-order valence-corrected chi connectivity index (χ0v) is 10.4. The van der Waals surface area contributed by atoms with Crippen molar-refractivity contribution in [1.29, 1.82) is 0 Å². The molecule has 1 heterocycles. The van der Waals surface area contributed by atoms with E-state index in [-0.39, 0.29) is 11.9 Å². The van der Waals surface area contributed by atoms with E-state index in [1.54, 1.807) is 18.3 Å². The summed E-state index contributed by atoms with van der Waals surface area (Å²) in [5.74, 6) is 1.29. The van der Waals surface area contributed by atoms with Crippen molar-refractivity contribution in [3.63, 3.8) is 0 Å². The molecule has 4 nitrogen and oxygen atoms in total. The topological polar surface area (TPSA) is 54.0 Å². The number of nitrogens with one attached hydrogen (secondary N) is 2. The van der Waals surface area contributed by atoms with Crippen molar-refractivity contribution in [2.45, 2.75) is 32.7 Å². The molecule has 0 aromatic carbocycles. The van der Waals surface area contributed by atoms with E-state index < -0.39 is 0 Å². The van der Waals surface area contributed by atoms with Gasteiger partial charge in [-0.15, -0.1) is 0 Å². The summed E-state index contributed by atoms with van der Waals surface area (Å²) in [6.07, 6.45) is 4.15. The van der Waals surface area contributed by atoms with Crippen molar-refractivity contribution < 1.29 is 4.79 Å². The molecule has 0 saturated heterocycles. The second kappa shape index (κ2) is 5.17. The van der Waals surface area contributed by atoms with Gasteiger partial charge in [0.25, 0.3) is 5.91 Å². The van der Waals surface area contributed by atoms with E-state index in [1.807, 2.05) is 6.92 Å². The molecular formula is C13H19N3O. The van der Waals surface area contributed by atoms with Crippen LogP contribution in [0.1, 0.15) is 37.0 Å². The highest BCUT2D eigenvalue weighted by atomic mass is 16.1. The molecule has 1 aromatic rings. The van der Waals surface area contributed by atoms with Gasteiger partial charge in [-0.2, -0.15) is 0 Å². The number of carbonyl (C=O) groups excluding carboxylic acids is 1. The van der Waals surface area contributed by atoms with Gasteiger partial charge in [0, 0.05) is 18.8 Å². The molecule has 4 heteroatoms. The van der Waals surface area contributed by atoms with Crippen LogP contribution >= 0.6 is 0 Å². The fourth-order valence-electron chi connectivity index (χ4n) is 1.90. The van der Waals surface area contributed by atoms with Gasteiger partial charge < -0.3 is 10.6 Å². The molecule has 1 aromatic heterocycles. The predicted octanol–water partition coefficient (Wildman–Crippen LogP) is 2.04. The summed E-state index contributed by atoms with van der Waals surface area (Å²) in [7, 11) is 0. The van der Waals surface area contributed by atoms with Crippen molar-refractivity contribution in [2.75, 3.05) is 11.9 Å². The van der Waals surface area contributed by atoms with E-state index in [4.69, 9.17) is 0 Å². The minimum absolute atomic E-state index is 0.0338. The number of rotatable bonds is 5. The summed E-state index contributed by atoms with van der Waals surface area (Å²) < 4.78 is 0. The fraction of sp³-hybridized carbons (Fsp3) is 0.538. The first-order valence-electron chi connectivity index (χ1n) is 6.22. The highest BCUT2D eigenvalue weighted by Crippen LogP contribution is 2.32. The van der Waals surface area contributed by atoms with Crippen LogP contribution in [0.3, 0.4) is 0 Å².